The van der Waals surface area contributed by atoms with E-state index in [9.17, 15) is 4.79 Å². The first-order valence-corrected chi connectivity index (χ1v) is 4.98. The van der Waals surface area contributed by atoms with Crippen LogP contribution < -0.4 is 16.4 Å². The number of azide groups is 1. The van der Waals surface area contributed by atoms with Gasteiger partial charge >= 0.3 is 0 Å². The molecule has 0 aromatic heterocycles. The SMILES string of the molecule is [N-]=[N+]=NCCNC1(C(N)=O)CCNCC1. The quantitative estimate of drug-likeness (QED) is 0.247. The smallest absolute Gasteiger partial charge is 0.237 e. The summed E-state index contributed by atoms with van der Waals surface area (Å²) in [4.78, 5) is 14.0. The Kier molecular flexibility index (Phi) is 4.36. The molecule has 0 spiro atoms. The molecule has 1 saturated heterocycles. The maximum atomic E-state index is 11.4. The first-order chi connectivity index (χ1) is 7.21. The summed E-state index contributed by atoms with van der Waals surface area (Å²) < 4.78 is 0. The first-order valence-electron chi connectivity index (χ1n) is 4.98. The van der Waals surface area contributed by atoms with Gasteiger partial charge in [0.1, 0.15) is 5.54 Å². The van der Waals surface area contributed by atoms with E-state index in [1.54, 1.807) is 0 Å². The number of primary amides is 1. The van der Waals surface area contributed by atoms with Crippen LogP contribution in [0.5, 0.6) is 0 Å². The average molecular weight is 212 g/mol. The Morgan fingerprint density at radius 3 is 2.80 bits per heavy atom. The van der Waals surface area contributed by atoms with Gasteiger partial charge in [-0.05, 0) is 31.5 Å². The number of nitrogens with zero attached hydrogens (tertiary/aromatic N) is 3. The molecule has 0 bridgehead atoms. The summed E-state index contributed by atoms with van der Waals surface area (Å²) in [6.45, 7) is 2.36. The van der Waals surface area contributed by atoms with Crippen molar-refractivity contribution in [2.45, 2.75) is 18.4 Å². The van der Waals surface area contributed by atoms with E-state index in [1.165, 1.54) is 0 Å². The summed E-state index contributed by atoms with van der Waals surface area (Å²) in [5, 5.41) is 9.65. The Morgan fingerprint density at radius 1 is 1.60 bits per heavy atom. The topological polar surface area (TPSA) is 116 Å². The molecule has 0 aromatic rings. The van der Waals surface area contributed by atoms with Gasteiger partial charge in [0, 0.05) is 18.0 Å². The maximum absolute atomic E-state index is 11.4. The minimum Gasteiger partial charge on any atom is -0.368 e. The summed E-state index contributed by atoms with van der Waals surface area (Å²) in [7, 11) is 0. The molecule has 1 heterocycles. The van der Waals surface area contributed by atoms with E-state index in [1.807, 2.05) is 0 Å². The van der Waals surface area contributed by atoms with Crippen molar-refractivity contribution in [3.63, 3.8) is 0 Å². The third-order valence-electron chi connectivity index (χ3n) is 2.67. The highest BCUT2D eigenvalue weighted by molar-refractivity contribution is 5.84. The molecule has 7 nitrogen and oxygen atoms in total. The number of nitrogens with one attached hydrogen (secondary N) is 2. The van der Waals surface area contributed by atoms with Crippen molar-refractivity contribution in [2.24, 2.45) is 10.8 Å². The lowest BCUT2D eigenvalue weighted by Gasteiger charge is -2.35. The van der Waals surface area contributed by atoms with Crippen molar-refractivity contribution in [2.75, 3.05) is 26.2 Å². The minimum atomic E-state index is -0.629. The van der Waals surface area contributed by atoms with Crippen LogP contribution in [0.2, 0.25) is 0 Å². The molecule has 4 N–H and O–H groups in total. The third kappa shape index (κ3) is 3.09. The average Bonchev–Trinajstić information content (AvgIpc) is 2.26. The molecule has 0 aromatic carbocycles. The molecule has 1 amide bonds. The second kappa shape index (κ2) is 5.55. The Hall–Kier alpha value is -1.30. The van der Waals surface area contributed by atoms with Crippen LogP contribution in [0.1, 0.15) is 12.8 Å². The standard InChI is InChI=1S/C8H16N6O/c9-7(15)8(1-3-11-4-2-8)12-5-6-13-14-10/h11-12H,1-6H2,(H2,9,15). The van der Waals surface area contributed by atoms with Crippen LogP contribution in [0.3, 0.4) is 0 Å². The molecule has 0 atom stereocenters. The third-order valence-corrected chi connectivity index (χ3v) is 2.67. The van der Waals surface area contributed by atoms with Crippen LogP contribution in [-0.2, 0) is 4.79 Å². The first kappa shape index (κ1) is 11.8. The van der Waals surface area contributed by atoms with Crippen molar-refractivity contribution in [1.29, 1.82) is 0 Å². The van der Waals surface area contributed by atoms with Crippen LogP contribution in [0.25, 0.3) is 10.4 Å². The van der Waals surface area contributed by atoms with Crippen LogP contribution in [-0.4, -0.2) is 37.6 Å². The lowest BCUT2D eigenvalue weighted by molar-refractivity contribution is -0.125. The number of nitrogens with two attached hydrogens (primary N) is 1. The Labute approximate surface area is 88.0 Å². The van der Waals surface area contributed by atoms with Gasteiger partial charge in [-0.1, -0.05) is 5.11 Å². The highest BCUT2D eigenvalue weighted by Crippen LogP contribution is 2.17. The van der Waals surface area contributed by atoms with Gasteiger partial charge in [0.05, 0.1) is 0 Å². The molecule has 0 radical (unpaired) electrons. The highest BCUT2D eigenvalue weighted by atomic mass is 16.1. The molecule has 1 rings (SSSR count). The van der Waals surface area contributed by atoms with Gasteiger partial charge in [-0.2, -0.15) is 0 Å². The van der Waals surface area contributed by atoms with Crippen LogP contribution in [0.4, 0.5) is 0 Å². The zero-order chi connectivity index (χ0) is 11.1. The summed E-state index contributed by atoms with van der Waals surface area (Å²) in [6, 6.07) is 0. The molecule has 0 unspecified atom stereocenters. The minimum absolute atomic E-state index is 0.329. The van der Waals surface area contributed by atoms with Crippen LogP contribution in [0, 0.1) is 0 Å². The second-order valence-electron chi connectivity index (χ2n) is 3.58. The molecule has 1 aliphatic rings. The normalized spacial score (nSPS) is 19.2. The van der Waals surface area contributed by atoms with Gasteiger partial charge < -0.3 is 16.4 Å². The summed E-state index contributed by atoms with van der Waals surface area (Å²) in [5.74, 6) is -0.329. The molecule has 0 aliphatic carbocycles. The van der Waals surface area contributed by atoms with Gasteiger partial charge in [0.15, 0.2) is 0 Å². The molecule has 1 aliphatic heterocycles. The number of rotatable bonds is 5. The number of carbonyl (C=O) groups excluding carboxylic acids is 1. The van der Waals surface area contributed by atoms with Crippen molar-refractivity contribution < 1.29 is 4.79 Å². The Bertz CT molecular complexity index is 266. The predicted molar refractivity (Wildman–Crippen MR) is 56.0 cm³/mol. The van der Waals surface area contributed by atoms with Gasteiger partial charge in [0.25, 0.3) is 0 Å². The molecular formula is C8H16N6O. The maximum Gasteiger partial charge on any atom is 0.237 e. The lowest BCUT2D eigenvalue weighted by atomic mass is 9.87. The van der Waals surface area contributed by atoms with Gasteiger partial charge in [-0.15, -0.1) is 0 Å². The predicted octanol–water partition coefficient (Wildman–Crippen LogP) is -0.506. The summed E-state index contributed by atoms with van der Waals surface area (Å²) in [6.07, 6.45) is 1.36. The number of amides is 1. The summed E-state index contributed by atoms with van der Waals surface area (Å²) in [5.41, 5.74) is 12.9. The van der Waals surface area contributed by atoms with E-state index in [-0.39, 0.29) is 5.91 Å². The monoisotopic (exact) mass is 212 g/mol. The fourth-order valence-corrected chi connectivity index (χ4v) is 1.75. The molecule has 7 heteroatoms. The number of piperidine rings is 1. The van der Waals surface area contributed by atoms with Crippen molar-refractivity contribution in [1.82, 2.24) is 10.6 Å². The van der Waals surface area contributed by atoms with E-state index < -0.39 is 5.54 Å². The molecule has 84 valence electrons. The Morgan fingerprint density at radius 2 is 2.27 bits per heavy atom. The van der Waals surface area contributed by atoms with Crippen molar-refractivity contribution >= 4 is 5.91 Å². The summed E-state index contributed by atoms with van der Waals surface area (Å²) >= 11 is 0. The fraction of sp³-hybridized carbons (Fsp3) is 0.875. The molecular weight excluding hydrogens is 196 g/mol. The van der Waals surface area contributed by atoms with Crippen LogP contribution in [0.15, 0.2) is 5.11 Å². The molecule has 0 saturated carbocycles. The largest absolute Gasteiger partial charge is 0.368 e. The van der Waals surface area contributed by atoms with Gasteiger partial charge in [-0.3, -0.25) is 4.79 Å². The van der Waals surface area contributed by atoms with E-state index in [0.717, 1.165) is 13.1 Å². The van der Waals surface area contributed by atoms with E-state index in [2.05, 4.69) is 20.7 Å². The van der Waals surface area contributed by atoms with E-state index >= 15 is 0 Å². The van der Waals surface area contributed by atoms with E-state index in [0.29, 0.717) is 25.9 Å². The zero-order valence-electron chi connectivity index (χ0n) is 8.57. The van der Waals surface area contributed by atoms with Gasteiger partial charge in [0.2, 0.25) is 5.91 Å². The van der Waals surface area contributed by atoms with Gasteiger partial charge in [-0.25, -0.2) is 0 Å². The lowest BCUT2D eigenvalue weighted by Crippen LogP contribution is -2.60. The highest BCUT2D eigenvalue weighted by Gasteiger charge is 2.36. The second-order valence-corrected chi connectivity index (χ2v) is 3.58. The zero-order valence-corrected chi connectivity index (χ0v) is 8.57. The molecule has 15 heavy (non-hydrogen) atoms. The van der Waals surface area contributed by atoms with Crippen LogP contribution >= 0.6 is 0 Å². The number of hydrogen-bond donors (Lipinski definition) is 3. The number of hydrogen-bond acceptors (Lipinski definition) is 4. The molecule has 1 fully saturated rings. The fourth-order valence-electron chi connectivity index (χ4n) is 1.75. The van der Waals surface area contributed by atoms with E-state index in [4.69, 9.17) is 11.3 Å². The Balaban J connectivity index is 2.49. The van der Waals surface area contributed by atoms with Crippen molar-refractivity contribution in [3.8, 4) is 0 Å². The number of carbonyl (C=O) groups is 1. The van der Waals surface area contributed by atoms with Crippen molar-refractivity contribution in [3.05, 3.63) is 10.4 Å².